The number of methoxy groups -OCH3 is 1. The number of carbonyl (C=O) groups is 1. The second-order valence-electron chi connectivity index (χ2n) is 28.0. The second-order valence-corrected chi connectivity index (χ2v) is 37.3. The Hall–Kier alpha value is -10.6. The normalized spacial score (nSPS) is 11.2. The van der Waals surface area contributed by atoms with Gasteiger partial charge in [0.1, 0.15) is 20.8 Å². The number of hydrogen-bond donors (Lipinski definition) is 8. The molecule has 41 heteroatoms. The van der Waals surface area contributed by atoms with Crippen LogP contribution in [0.1, 0.15) is 65.0 Å². The van der Waals surface area contributed by atoms with Gasteiger partial charge in [0.15, 0.2) is 24.8 Å². The number of ether oxygens (including phenoxy) is 1. The van der Waals surface area contributed by atoms with Crippen molar-refractivity contribution in [2.75, 3.05) is 7.11 Å². The van der Waals surface area contributed by atoms with Crippen LogP contribution in [0.5, 0.6) is 0 Å². The number of fused-ring (bicyclic) bond motifs is 7. The topological polar surface area (TPSA) is 335 Å². The zero-order valence-electron chi connectivity index (χ0n) is 68.3. The Bertz CT molecular complexity index is 7490. The lowest BCUT2D eigenvalue weighted by molar-refractivity contribution is 0.0605. The van der Waals surface area contributed by atoms with Crippen molar-refractivity contribution in [2.45, 2.75) is 66.7 Å². The number of benzene rings is 7. The van der Waals surface area contributed by atoms with Gasteiger partial charge < -0.3 is 50.0 Å². The molecule has 0 atom stereocenters. The van der Waals surface area contributed by atoms with Gasteiger partial charge in [0.25, 0.3) is 0 Å². The quantitative estimate of drug-likeness (QED) is 0.0417. The van der Waals surface area contributed by atoms with E-state index in [0.29, 0.717) is 112 Å². The van der Waals surface area contributed by atoms with Crippen LogP contribution in [-0.2, 0) is 57.6 Å². The van der Waals surface area contributed by atoms with Crippen molar-refractivity contribution in [1.29, 1.82) is 0 Å². The van der Waals surface area contributed by atoms with Gasteiger partial charge in [-0.2, -0.15) is 4.98 Å². The fraction of sp³-hybridized carbons (Fsp3) is 0.122. The van der Waals surface area contributed by atoms with E-state index in [4.69, 9.17) is 114 Å². The first-order valence-corrected chi connectivity index (χ1v) is 46.4. The van der Waals surface area contributed by atoms with Gasteiger partial charge >= 0.3 is 11.8 Å². The second kappa shape index (κ2) is 42.6. The maximum Gasteiger partial charge on any atom is 0.349 e. The lowest BCUT2D eigenvalue weighted by Gasteiger charge is -2.04. The number of aryl methyl sites for hydroxylation is 2. The Morgan fingerprint density at radius 1 is 0.389 bits per heavy atom. The number of carbonyl (C=O) groups excluding carboxylic acids is 1. The molecule has 0 unspecified atom stereocenters. The van der Waals surface area contributed by atoms with Gasteiger partial charge in [0.2, 0.25) is 5.78 Å². The Labute approximate surface area is 808 Å². The molecule has 0 spiro atoms. The highest BCUT2D eigenvalue weighted by molar-refractivity contribution is 7.21. The van der Waals surface area contributed by atoms with Gasteiger partial charge in [-0.3, -0.25) is 30.8 Å². The van der Waals surface area contributed by atoms with Crippen molar-refractivity contribution in [3.05, 3.63) is 329 Å². The number of nitrogens with zero attached hydrogens (tertiary/aromatic N) is 15. The Kier molecular flexibility index (Phi) is 30.9. The summed E-state index contributed by atoms with van der Waals surface area (Å²) in [5, 5.41) is 82.7. The molecular weight excluding hydrogens is 1970 g/mol. The minimum absolute atomic E-state index is 0.0187. The number of halogens is 10. The van der Waals surface area contributed by atoms with E-state index in [2.05, 4.69) is 44.6 Å². The third-order valence-electron chi connectivity index (χ3n) is 19.8. The summed E-state index contributed by atoms with van der Waals surface area (Å²) in [5.74, 6) is 0.951. The molecule has 0 aliphatic carbocycles. The molecule has 0 aliphatic rings. The van der Waals surface area contributed by atoms with Crippen molar-refractivity contribution < 1.29 is 59.2 Å². The Morgan fingerprint density at radius 3 is 1.26 bits per heavy atom. The molecule has 7 aromatic carbocycles. The van der Waals surface area contributed by atoms with Crippen molar-refractivity contribution in [3.8, 4) is 78.8 Å². The van der Waals surface area contributed by atoms with E-state index in [-0.39, 0.29) is 58.7 Å². The fourth-order valence-corrected chi connectivity index (χ4v) is 19.7. The summed E-state index contributed by atoms with van der Waals surface area (Å²) in [4.78, 5) is 53.3. The number of imidazole rings is 7. The van der Waals surface area contributed by atoms with E-state index < -0.39 is 5.97 Å². The lowest BCUT2D eigenvalue weighted by atomic mass is 10.1. The molecule has 0 saturated heterocycles. The van der Waals surface area contributed by atoms with Crippen LogP contribution in [0.4, 0.5) is 4.39 Å². The number of rotatable bonds is 16. The maximum absolute atomic E-state index is 12.9. The van der Waals surface area contributed by atoms with Gasteiger partial charge in [-0.15, -0.1) is 22.7 Å². The highest BCUT2D eigenvalue weighted by Gasteiger charge is 2.25. The summed E-state index contributed by atoms with van der Waals surface area (Å²) in [5.41, 5.74) is 15.7. The molecule has 670 valence electrons. The number of thiazole rings is 5. The van der Waals surface area contributed by atoms with E-state index in [1.807, 2.05) is 116 Å². The maximum atomic E-state index is 12.9. The number of aromatic nitrogens is 15. The average Bonchev–Trinajstić information content (AvgIpc) is 1.63. The van der Waals surface area contributed by atoms with Gasteiger partial charge in [0, 0.05) is 123 Å². The number of oxazole rings is 1. The molecule has 21 aromatic rings. The van der Waals surface area contributed by atoms with Crippen LogP contribution in [0.2, 0.25) is 44.5 Å². The fourth-order valence-electron chi connectivity index (χ4n) is 13.8. The molecule has 8 N–H and O–H groups in total. The summed E-state index contributed by atoms with van der Waals surface area (Å²) < 4.78 is 36.2. The van der Waals surface area contributed by atoms with Crippen LogP contribution >= 0.6 is 161 Å². The summed E-state index contributed by atoms with van der Waals surface area (Å²) in [6, 6.07) is 47.6. The van der Waals surface area contributed by atoms with Crippen LogP contribution in [0, 0.1) is 19.7 Å². The average molecular weight is 2040 g/mol. The molecule has 21 rings (SSSR count). The van der Waals surface area contributed by atoms with Crippen molar-refractivity contribution in [1.82, 2.24) is 70.7 Å². The summed E-state index contributed by atoms with van der Waals surface area (Å²) in [6.07, 6.45) is 14.3. The van der Waals surface area contributed by atoms with E-state index >= 15 is 0 Å². The molecule has 0 saturated carbocycles. The summed E-state index contributed by atoms with van der Waals surface area (Å²) >= 11 is 60.7. The van der Waals surface area contributed by atoms with Crippen LogP contribution in [0.15, 0.2) is 223 Å². The first kappa shape index (κ1) is 95.1. The zero-order valence-corrected chi connectivity index (χ0v) is 79.2. The summed E-state index contributed by atoms with van der Waals surface area (Å²) in [7, 11) is 1.33. The largest absolute Gasteiger partial charge is 0.465 e. The lowest BCUT2D eigenvalue weighted by Crippen LogP contribution is -1.98. The first-order valence-electron chi connectivity index (χ1n) is 38.9. The first-order chi connectivity index (χ1) is 63.3. The van der Waals surface area contributed by atoms with Gasteiger partial charge in [-0.1, -0.05) is 187 Å². The highest BCUT2D eigenvalue weighted by atomic mass is 35.5. The number of esters is 1. The van der Waals surface area contributed by atoms with E-state index in [9.17, 15) is 44.9 Å². The zero-order chi connectivity index (χ0) is 92.6. The molecule has 0 bridgehead atoms. The van der Waals surface area contributed by atoms with E-state index in [0.717, 1.165) is 108 Å². The third-order valence-corrected chi connectivity index (χ3v) is 26.6. The molecule has 0 fully saturated rings. The van der Waals surface area contributed by atoms with Gasteiger partial charge in [-0.05, 0) is 129 Å². The smallest absolute Gasteiger partial charge is 0.349 e. The number of aliphatic hydroxyl groups excluding tert-OH is 8. The van der Waals surface area contributed by atoms with Crippen LogP contribution in [0.3, 0.4) is 0 Å². The molecule has 0 aliphatic heterocycles. The van der Waals surface area contributed by atoms with E-state index in [1.165, 1.54) is 53.3 Å². The molecule has 0 radical (unpaired) electrons. The molecule has 0 amide bonds. The monoisotopic (exact) mass is 2030 g/mol. The van der Waals surface area contributed by atoms with Crippen LogP contribution < -0.4 is 0 Å². The molecule has 14 aromatic heterocycles. The van der Waals surface area contributed by atoms with Crippen molar-refractivity contribution in [3.63, 3.8) is 0 Å². The summed E-state index contributed by atoms with van der Waals surface area (Å²) in [6.45, 7) is 2.98. The Morgan fingerprint density at radius 2 is 0.779 bits per heavy atom. The van der Waals surface area contributed by atoms with Crippen molar-refractivity contribution in [2.24, 2.45) is 0 Å². The molecular formula is C90H69Cl9FN15O11S5. The highest BCUT2D eigenvalue weighted by Crippen LogP contribution is 2.39. The number of hydrogen-bond acceptors (Lipinski definition) is 24. The minimum atomic E-state index is -0.414. The third kappa shape index (κ3) is 20.9. The van der Waals surface area contributed by atoms with Crippen LogP contribution in [-0.4, -0.2) is 125 Å². The van der Waals surface area contributed by atoms with Gasteiger partial charge in [0.05, 0.1) is 161 Å². The Balaban J connectivity index is 0.000000117. The predicted octanol–water partition coefficient (Wildman–Crippen LogP) is 22.7. The van der Waals surface area contributed by atoms with Crippen LogP contribution in [0.25, 0.3) is 115 Å². The SMILES string of the molecule is COC(=O)c1cn2c(CO)c(-c3ccc(Cl)cc3)nc2s1.Cc1cn2c(CO)c(-c3ccc(Cl)cc3Cl)nc2s1.Cc1cn2c(CO)c(-c3ccc(F)cc3)nc2o1.OCc1c(-c2ccc(Cl)cc2)nc2sc(Cl)cn12.OCc1c(-c2ccc(Cl)cc2)nc2sccn12.OCc1c(-c2ccc(Cl)cc2Cl)nc2ncccn12.OCc1cn2c(CO)c(-c3ccc(Cl)cc3)nc2s1. The predicted molar refractivity (Wildman–Crippen MR) is 517 cm³/mol. The van der Waals surface area contributed by atoms with E-state index in [1.54, 1.807) is 158 Å². The molecule has 14 heterocycles. The van der Waals surface area contributed by atoms with Gasteiger partial charge in [-0.25, -0.2) is 44.1 Å². The number of aliphatic hydroxyl groups is 8. The standard InChI is InChI=1S/C14H11ClN2O3S.C13H9Cl2N3O.C13H10Cl2N2OS.C13H11ClN2O2S.C13H11FN2O2.C12H8Cl2N2OS.C12H9ClN2OS/c1-20-13(19)11-6-17-10(7-18)12(16-14(17)21-11)8-2-4-9(15)5-3-8;14-8-2-3-9(10(15)6-8)12-11(7-19)18-5-1-4-16-13(18)17-12;1-7-5-17-11(6-18)12(16-13(17)19-7)9-3-2-8(14)4-10(9)15;14-9-3-1-8(2-4-9)12-11(7-18)16-5-10(6-17)19-13(16)15-12;1-8-6-16-11(7-17)12(15-13(16)18-8)9-2-4-10(14)5-3-9;13-8-3-1-7(2-4-8)11-9(6-17)16-5-10(14)18-12(16)15-11;13-9-3-1-8(2-4-9)11-10(7-16)15-5-6-17-12(15)14-11/h2-6,18H,7H2,1H3;1-6,19H,7H2;2-5,18H,6H2,1H3;1-5,17-18H,6-7H2;2-6,17H,7H2,1H3;1-5,17H,6H2;1-6,16H,7H2. The minimum Gasteiger partial charge on any atom is -0.465 e. The molecule has 131 heavy (non-hydrogen) atoms. The van der Waals surface area contributed by atoms with Crippen molar-refractivity contribution >= 4 is 203 Å². The molecule has 26 nitrogen and oxygen atoms in total.